The maximum atomic E-state index is 12.0. The maximum absolute atomic E-state index is 12.0. The Hall–Kier alpha value is -2.25. The molecule has 0 aliphatic rings. The van der Waals surface area contributed by atoms with Crippen molar-refractivity contribution in [2.45, 2.75) is 10.9 Å². The molecule has 1 unspecified atom stereocenters. The second kappa shape index (κ2) is 8.56. The standard InChI is InChI=1S/C17H21N3O3S/c1-20(2)14(15-8-5-9-23-15)11-18-16(21)17(22)19-12-6-4-7-13(10-12)24-3/h4-10,14H,11H2,1-3H3,(H,18,21)(H,19,22). The van der Waals surface area contributed by atoms with E-state index in [-0.39, 0.29) is 12.6 Å². The predicted molar refractivity (Wildman–Crippen MR) is 95.0 cm³/mol. The number of furan rings is 1. The molecule has 1 atom stereocenters. The molecule has 1 aromatic carbocycles. The van der Waals surface area contributed by atoms with Crippen LogP contribution in [0, 0.1) is 0 Å². The van der Waals surface area contributed by atoms with Crippen LogP contribution in [-0.4, -0.2) is 43.6 Å². The number of anilines is 1. The number of hydrogen-bond donors (Lipinski definition) is 2. The number of rotatable bonds is 6. The minimum Gasteiger partial charge on any atom is -0.468 e. The third kappa shape index (κ3) is 4.87. The van der Waals surface area contributed by atoms with Crippen LogP contribution in [0.5, 0.6) is 0 Å². The van der Waals surface area contributed by atoms with Gasteiger partial charge in [-0.2, -0.15) is 0 Å². The van der Waals surface area contributed by atoms with E-state index in [1.807, 2.05) is 49.5 Å². The van der Waals surface area contributed by atoms with E-state index >= 15 is 0 Å². The third-order valence-corrected chi connectivity index (χ3v) is 4.21. The Kier molecular flexibility index (Phi) is 6.45. The molecule has 2 rings (SSSR count). The van der Waals surface area contributed by atoms with Gasteiger partial charge in [0.25, 0.3) is 0 Å². The van der Waals surface area contributed by atoms with E-state index in [1.165, 1.54) is 0 Å². The normalized spacial score (nSPS) is 12.0. The van der Waals surface area contributed by atoms with Crippen LogP contribution in [0.15, 0.2) is 52.0 Å². The summed E-state index contributed by atoms with van der Waals surface area (Å²) in [5.74, 6) is -0.637. The molecule has 2 amide bonds. The molecule has 2 N–H and O–H groups in total. The van der Waals surface area contributed by atoms with Crippen LogP contribution >= 0.6 is 11.8 Å². The summed E-state index contributed by atoms with van der Waals surface area (Å²) in [7, 11) is 3.76. The van der Waals surface area contributed by atoms with E-state index in [1.54, 1.807) is 30.2 Å². The number of carbonyl (C=O) groups is 2. The van der Waals surface area contributed by atoms with Gasteiger partial charge in [0, 0.05) is 17.1 Å². The molecule has 0 saturated carbocycles. The lowest BCUT2D eigenvalue weighted by atomic mass is 10.2. The van der Waals surface area contributed by atoms with Crippen molar-refractivity contribution < 1.29 is 14.0 Å². The minimum atomic E-state index is -0.690. The molecular formula is C17H21N3O3S. The zero-order valence-electron chi connectivity index (χ0n) is 13.9. The average molecular weight is 347 g/mol. The summed E-state index contributed by atoms with van der Waals surface area (Å²) in [5, 5.41) is 5.25. The van der Waals surface area contributed by atoms with Crippen LogP contribution in [0.3, 0.4) is 0 Å². The van der Waals surface area contributed by atoms with Gasteiger partial charge in [-0.1, -0.05) is 6.07 Å². The molecule has 128 valence electrons. The number of likely N-dealkylation sites (N-methyl/N-ethyl adjacent to an activating group) is 1. The van der Waals surface area contributed by atoms with E-state index in [4.69, 9.17) is 4.42 Å². The lowest BCUT2D eigenvalue weighted by molar-refractivity contribution is -0.136. The van der Waals surface area contributed by atoms with E-state index in [9.17, 15) is 9.59 Å². The van der Waals surface area contributed by atoms with Crippen LogP contribution in [0.25, 0.3) is 0 Å². The van der Waals surface area contributed by atoms with Crippen molar-refractivity contribution in [3.8, 4) is 0 Å². The molecule has 0 saturated heterocycles. The minimum absolute atomic E-state index is 0.142. The molecule has 2 aromatic rings. The largest absolute Gasteiger partial charge is 0.468 e. The Morgan fingerprint density at radius 3 is 2.62 bits per heavy atom. The molecule has 0 bridgehead atoms. The second-order valence-corrected chi connectivity index (χ2v) is 6.27. The van der Waals surface area contributed by atoms with Gasteiger partial charge < -0.3 is 15.1 Å². The van der Waals surface area contributed by atoms with Gasteiger partial charge in [0.2, 0.25) is 0 Å². The van der Waals surface area contributed by atoms with Gasteiger partial charge in [0.1, 0.15) is 5.76 Å². The second-order valence-electron chi connectivity index (χ2n) is 5.39. The number of hydrogen-bond acceptors (Lipinski definition) is 5. The first-order valence-electron chi connectivity index (χ1n) is 7.44. The first-order chi connectivity index (χ1) is 11.5. The fraction of sp³-hybridized carbons (Fsp3) is 0.294. The third-order valence-electron chi connectivity index (χ3n) is 3.48. The zero-order chi connectivity index (χ0) is 17.5. The molecule has 1 aromatic heterocycles. The highest BCUT2D eigenvalue weighted by molar-refractivity contribution is 7.98. The van der Waals surface area contributed by atoms with Gasteiger partial charge in [-0.3, -0.25) is 14.5 Å². The molecule has 6 nitrogen and oxygen atoms in total. The van der Waals surface area contributed by atoms with Crippen LogP contribution in [0.2, 0.25) is 0 Å². The summed E-state index contributed by atoms with van der Waals surface area (Å²) in [4.78, 5) is 27.0. The summed E-state index contributed by atoms with van der Waals surface area (Å²) in [6.45, 7) is 0.275. The SMILES string of the molecule is CSc1cccc(NC(=O)C(=O)NCC(c2ccco2)N(C)C)c1. The summed E-state index contributed by atoms with van der Waals surface area (Å²) >= 11 is 1.57. The Morgan fingerprint density at radius 2 is 2.00 bits per heavy atom. The van der Waals surface area contributed by atoms with Crippen molar-refractivity contribution in [1.82, 2.24) is 10.2 Å². The molecule has 0 fully saturated rings. The average Bonchev–Trinajstić information content (AvgIpc) is 3.08. The quantitative estimate of drug-likeness (QED) is 0.620. The molecule has 1 heterocycles. The topological polar surface area (TPSA) is 74.6 Å². The fourth-order valence-corrected chi connectivity index (χ4v) is 2.64. The Balaban J connectivity index is 1.92. The molecule has 0 aliphatic heterocycles. The van der Waals surface area contributed by atoms with Crippen molar-refractivity contribution in [3.63, 3.8) is 0 Å². The molecule has 0 radical (unpaired) electrons. The summed E-state index contributed by atoms with van der Waals surface area (Å²) in [5.41, 5.74) is 0.595. The van der Waals surface area contributed by atoms with Gasteiger partial charge in [-0.15, -0.1) is 11.8 Å². The predicted octanol–water partition coefficient (Wildman–Crippen LogP) is 2.36. The molecule has 24 heavy (non-hydrogen) atoms. The van der Waals surface area contributed by atoms with Gasteiger partial charge in [-0.05, 0) is 50.7 Å². The summed E-state index contributed by atoms with van der Waals surface area (Å²) in [6.07, 6.45) is 3.53. The molecule has 0 spiro atoms. The Labute approximate surface area is 145 Å². The highest BCUT2D eigenvalue weighted by atomic mass is 32.2. The highest BCUT2D eigenvalue weighted by Crippen LogP contribution is 2.19. The Bertz CT molecular complexity index is 686. The van der Waals surface area contributed by atoms with E-state index in [2.05, 4.69) is 10.6 Å². The van der Waals surface area contributed by atoms with Crippen molar-refractivity contribution in [2.24, 2.45) is 0 Å². The number of nitrogens with one attached hydrogen (secondary N) is 2. The number of amides is 2. The molecule has 0 aliphatic carbocycles. The number of nitrogens with zero attached hydrogens (tertiary/aromatic N) is 1. The lowest BCUT2D eigenvalue weighted by Crippen LogP contribution is -2.40. The van der Waals surface area contributed by atoms with E-state index in [0.717, 1.165) is 10.7 Å². The fourth-order valence-electron chi connectivity index (χ4n) is 2.18. The first kappa shape index (κ1) is 18.1. The highest BCUT2D eigenvalue weighted by Gasteiger charge is 2.20. The van der Waals surface area contributed by atoms with E-state index in [0.29, 0.717) is 5.69 Å². The summed E-state index contributed by atoms with van der Waals surface area (Å²) < 4.78 is 5.38. The molecular weight excluding hydrogens is 326 g/mol. The van der Waals surface area contributed by atoms with Crippen molar-refractivity contribution in [2.75, 3.05) is 32.2 Å². The molecule has 7 heteroatoms. The maximum Gasteiger partial charge on any atom is 0.313 e. The lowest BCUT2D eigenvalue weighted by Gasteiger charge is -2.22. The zero-order valence-corrected chi connectivity index (χ0v) is 14.7. The number of benzene rings is 1. The van der Waals surface area contributed by atoms with Gasteiger partial charge in [0.15, 0.2) is 0 Å². The van der Waals surface area contributed by atoms with Crippen molar-refractivity contribution in [1.29, 1.82) is 0 Å². The van der Waals surface area contributed by atoms with Crippen LogP contribution in [0.1, 0.15) is 11.8 Å². The van der Waals surface area contributed by atoms with Crippen LogP contribution < -0.4 is 10.6 Å². The smallest absolute Gasteiger partial charge is 0.313 e. The van der Waals surface area contributed by atoms with Crippen LogP contribution in [-0.2, 0) is 9.59 Å². The number of thioether (sulfide) groups is 1. The first-order valence-corrected chi connectivity index (χ1v) is 8.67. The monoisotopic (exact) mass is 347 g/mol. The van der Waals surface area contributed by atoms with E-state index < -0.39 is 11.8 Å². The van der Waals surface area contributed by atoms with Gasteiger partial charge in [-0.25, -0.2) is 0 Å². The van der Waals surface area contributed by atoms with Gasteiger partial charge >= 0.3 is 11.8 Å². The number of carbonyl (C=O) groups excluding carboxylic acids is 2. The van der Waals surface area contributed by atoms with Gasteiger partial charge in [0.05, 0.1) is 12.3 Å². The Morgan fingerprint density at radius 1 is 1.21 bits per heavy atom. The van der Waals surface area contributed by atoms with Crippen molar-refractivity contribution in [3.05, 3.63) is 48.4 Å². The van der Waals surface area contributed by atoms with Crippen LogP contribution in [0.4, 0.5) is 5.69 Å². The summed E-state index contributed by atoms with van der Waals surface area (Å²) in [6, 6.07) is 10.8. The van der Waals surface area contributed by atoms with Crippen molar-refractivity contribution >= 4 is 29.3 Å².